The van der Waals surface area contributed by atoms with Gasteiger partial charge in [-0.25, -0.2) is 0 Å². The molecule has 2 heteroatoms. The van der Waals surface area contributed by atoms with Gasteiger partial charge in [0.05, 0.1) is 6.07 Å². The number of nitrogens with zero attached hydrogens (tertiary/aromatic N) is 2. The molecule has 0 N–H and O–H groups in total. The third kappa shape index (κ3) is 3.31. The first-order valence-electron chi connectivity index (χ1n) is 6.38. The standard InChI is InChI=1S/C15H20N2/c1-12-4-5-13(2)14(10-12)11-17(9-3-8-16)15-6-7-15/h4-5,10,15H,3,6-7,9,11H2,1-2H3. The predicted molar refractivity (Wildman–Crippen MR) is 69.6 cm³/mol. The van der Waals surface area contributed by atoms with Crippen LogP contribution in [0.15, 0.2) is 18.2 Å². The lowest BCUT2D eigenvalue weighted by Gasteiger charge is -2.22. The van der Waals surface area contributed by atoms with Crippen LogP contribution >= 0.6 is 0 Å². The molecule has 1 saturated carbocycles. The number of hydrogen-bond acceptors (Lipinski definition) is 2. The van der Waals surface area contributed by atoms with Crippen molar-refractivity contribution in [3.8, 4) is 6.07 Å². The van der Waals surface area contributed by atoms with Crippen molar-refractivity contribution >= 4 is 0 Å². The van der Waals surface area contributed by atoms with E-state index in [4.69, 9.17) is 5.26 Å². The highest BCUT2D eigenvalue weighted by atomic mass is 15.2. The van der Waals surface area contributed by atoms with E-state index in [0.717, 1.165) is 19.1 Å². The van der Waals surface area contributed by atoms with E-state index in [-0.39, 0.29) is 0 Å². The zero-order chi connectivity index (χ0) is 12.3. The van der Waals surface area contributed by atoms with Gasteiger partial charge in [-0.05, 0) is 37.8 Å². The SMILES string of the molecule is Cc1ccc(C)c(CN(CCC#N)C2CC2)c1. The van der Waals surface area contributed by atoms with Gasteiger partial charge in [0, 0.05) is 25.6 Å². The Morgan fingerprint density at radius 3 is 2.76 bits per heavy atom. The molecule has 0 bridgehead atoms. The summed E-state index contributed by atoms with van der Waals surface area (Å²) in [5.41, 5.74) is 4.09. The summed E-state index contributed by atoms with van der Waals surface area (Å²) in [4.78, 5) is 2.46. The predicted octanol–water partition coefficient (Wildman–Crippen LogP) is 3.18. The average molecular weight is 228 g/mol. The first kappa shape index (κ1) is 12.1. The van der Waals surface area contributed by atoms with Crippen LogP contribution < -0.4 is 0 Å². The van der Waals surface area contributed by atoms with E-state index >= 15 is 0 Å². The van der Waals surface area contributed by atoms with Crippen molar-refractivity contribution in [2.75, 3.05) is 6.54 Å². The molecule has 0 atom stereocenters. The Morgan fingerprint density at radius 2 is 2.12 bits per heavy atom. The van der Waals surface area contributed by atoms with Crippen LogP contribution in [0.4, 0.5) is 0 Å². The van der Waals surface area contributed by atoms with E-state index in [1.54, 1.807) is 0 Å². The lowest BCUT2D eigenvalue weighted by atomic mass is 10.1. The van der Waals surface area contributed by atoms with Crippen LogP contribution in [0, 0.1) is 25.2 Å². The highest BCUT2D eigenvalue weighted by molar-refractivity contribution is 5.30. The number of nitriles is 1. The molecular weight excluding hydrogens is 208 g/mol. The number of hydrogen-bond donors (Lipinski definition) is 0. The van der Waals surface area contributed by atoms with Crippen molar-refractivity contribution in [2.45, 2.75) is 45.7 Å². The molecule has 0 aromatic heterocycles. The summed E-state index contributed by atoms with van der Waals surface area (Å²) in [6.45, 7) is 6.22. The summed E-state index contributed by atoms with van der Waals surface area (Å²) in [6.07, 6.45) is 3.24. The largest absolute Gasteiger partial charge is 0.295 e. The molecule has 1 aliphatic rings. The Balaban J connectivity index is 2.06. The molecule has 2 nitrogen and oxygen atoms in total. The van der Waals surface area contributed by atoms with Crippen molar-refractivity contribution in [1.29, 1.82) is 5.26 Å². The van der Waals surface area contributed by atoms with Crippen molar-refractivity contribution in [3.63, 3.8) is 0 Å². The van der Waals surface area contributed by atoms with Crippen LogP contribution in [0.3, 0.4) is 0 Å². The lowest BCUT2D eigenvalue weighted by molar-refractivity contribution is 0.260. The molecule has 0 aliphatic heterocycles. The van der Waals surface area contributed by atoms with Crippen molar-refractivity contribution < 1.29 is 0 Å². The van der Waals surface area contributed by atoms with Crippen LogP contribution in [0.25, 0.3) is 0 Å². The Morgan fingerprint density at radius 1 is 1.35 bits per heavy atom. The normalized spacial score (nSPS) is 14.9. The van der Waals surface area contributed by atoms with Crippen LogP contribution in [0.1, 0.15) is 36.0 Å². The summed E-state index contributed by atoms with van der Waals surface area (Å²) in [7, 11) is 0. The van der Waals surface area contributed by atoms with Crippen molar-refractivity contribution in [3.05, 3.63) is 34.9 Å². The van der Waals surface area contributed by atoms with Gasteiger partial charge in [0.1, 0.15) is 0 Å². The number of rotatable bonds is 5. The molecule has 0 spiro atoms. The summed E-state index contributed by atoms with van der Waals surface area (Å²) >= 11 is 0. The summed E-state index contributed by atoms with van der Waals surface area (Å²) in [5, 5.41) is 8.71. The molecule has 1 aromatic carbocycles. The molecule has 17 heavy (non-hydrogen) atoms. The minimum Gasteiger partial charge on any atom is -0.295 e. The lowest BCUT2D eigenvalue weighted by Crippen LogP contribution is -2.26. The minimum atomic E-state index is 0.640. The van der Waals surface area contributed by atoms with Crippen LogP contribution in [-0.4, -0.2) is 17.5 Å². The van der Waals surface area contributed by atoms with E-state index in [9.17, 15) is 0 Å². The van der Waals surface area contributed by atoms with E-state index < -0.39 is 0 Å². The summed E-state index contributed by atoms with van der Waals surface area (Å²) in [6, 6.07) is 9.61. The molecular formula is C15H20N2. The third-order valence-electron chi connectivity index (χ3n) is 3.45. The van der Waals surface area contributed by atoms with E-state index in [1.165, 1.54) is 29.5 Å². The average Bonchev–Trinajstić information content (AvgIpc) is 3.13. The molecule has 0 saturated heterocycles. The first-order valence-corrected chi connectivity index (χ1v) is 6.38. The van der Waals surface area contributed by atoms with E-state index in [1.807, 2.05) is 0 Å². The maximum Gasteiger partial charge on any atom is 0.0635 e. The molecule has 0 heterocycles. The monoisotopic (exact) mass is 228 g/mol. The second kappa shape index (κ2) is 5.33. The van der Waals surface area contributed by atoms with Gasteiger partial charge in [0.25, 0.3) is 0 Å². The topological polar surface area (TPSA) is 27.0 Å². The number of aryl methyl sites for hydroxylation is 2. The van der Waals surface area contributed by atoms with Gasteiger partial charge in [-0.15, -0.1) is 0 Å². The van der Waals surface area contributed by atoms with Gasteiger partial charge < -0.3 is 0 Å². The van der Waals surface area contributed by atoms with Gasteiger partial charge in [0.2, 0.25) is 0 Å². The summed E-state index contributed by atoms with van der Waals surface area (Å²) < 4.78 is 0. The molecule has 1 fully saturated rings. The fourth-order valence-corrected chi connectivity index (χ4v) is 2.21. The smallest absolute Gasteiger partial charge is 0.0635 e. The quantitative estimate of drug-likeness (QED) is 0.774. The van der Waals surface area contributed by atoms with Crippen molar-refractivity contribution in [1.82, 2.24) is 4.90 Å². The first-order chi connectivity index (χ1) is 8.20. The fourth-order valence-electron chi connectivity index (χ4n) is 2.21. The van der Waals surface area contributed by atoms with Gasteiger partial charge in [-0.2, -0.15) is 5.26 Å². The third-order valence-corrected chi connectivity index (χ3v) is 3.45. The summed E-state index contributed by atoms with van der Waals surface area (Å²) in [5.74, 6) is 0. The molecule has 1 aromatic rings. The van der Waals surface area contributed by atoms with Gasteiger partial charge in [-0.3, -0.25) is 4.90 Å². The van der Waals surface area contributed by atoms with Gasteiger partial charge >= 0.3 is 0 Å². The molecule has 0 radical (unpaired) electrons. The Kier molecular flexibility index (Phi) is 3.81. The highest BCUT2D eigenvalue weighted by Gasteiger charge is 2.28. The maximum atomic E-state index is 8.71. The Hall–Kier alpha value is -1.33. The highest BCUT2D eigenvalue weighted by Crippen LogP contribution is 2.29. The maximum absolute atomic E-state index is 8.71. The Labute approximate surface area is 104 Å². The molecule has 0 unspecified atom stereocenters. The zero-order valence-corrected chi connectivity index (χ0v) is 10.7. The van der Waals surface area contributed by atoms with Gasteiger partial charge in [0.15, 0.2) is 0 Å². The van der Waals surface area contributed by atoms with Crippen LogP contribution in [0.5, 0.6) is 0 Å². The molecule has 1 aliphatic carbocycles. The fraction of sp³-hybridized carbons (Fsp3) is 0.533. The van der Waals surface area contributed by atoms with Crippen molar-refractivity contribution in [2.24, 2.45) is 0 Å². The molecule has 0 amide bonds. The van der Waals surface area contributed by atoms with Crippen LogP contribution in [-0.2, 0) is 6.54 Å². The Bertz CT molecular complexity index is 427. The molecule has 90 valence electrons. The number of benzene rings is 1. The van der Waals surface area contributed by atoms with E-state index in [2.05, 4.69) is 43.0 Å². The van der Waals surface area contributed by atoms with Crippen LogP contribution in [0.2, 0.25) is 0 Å². The minimum absolute atomic E-state index is 0.640. The second-order valence-electron chi connectivity index (χ2n) is 5.04. The molecule has 2 rings (SSSR count). The second-order valence-corrected chi connectivity index (χ2v) is 5.04. The van der Waals surface area contributed by atoms with E-state index in [0.29, 0.717) is 6.42 Å². The van der Waals surface area contributed by atoms with Gasteiger partial charge in [-0.1, -0.05) is 23.8 Å². The zero-order valence-electron chi connectivity index (χ0n) is 10.7.